The van der Waals surface area contributed by atoms with Gasteiger partial charge in [-0.15, -0.1) is 0 Å². The smallest absolute Gasteiger partial charge is 0.320 e. The van der Waals surface area contributed by atoms with Crippen molar-refractivity contribution in [3.63, 3.8) is 0 Å². The minimum Gasteiger partial charge on any atom is -0.481 e. The Bertz CT molecular complexity index is 367. The Kier molecular flexibility index (Phi) is 4.15. The molecule has 18 heavy (non-hydrogen) atoms. The lowest BCUT2D eigenvalue weighted by atomic mass is 9.99. The lowest BCUT2D eigenvalue weighted by Gasteiger charge is -2.42. The summed E-state index contributed by atoms with van der Waals surface area (Å²) >= 11 is 0. The summed E-state index contributed by atoms with van der Waals surface area (Å²) in [7, 11) is 1.54. The number of carboxylic acids is 1. The first-order valence-corrected chi connectivity index (χ1v) is 5.79. The predicted octanol–water partition coefficient (Wildman–Crippen LogP) is -0.277. The molecule has 1 aliphatic rings. The Hall–Kier alpha value is -1.79. The van der Waals surface area contributed by atoms with Crippen molar-refractivity contribution in [3.8, 4) is 0 Å². The monoisotopic (exact) mass is 257 g/mol. The van der Waals surface area contributed by atoms with Gasteiger partial charge in [0.1, 0.15) is 5.54 Å². The van der Waals surface area contributed by atoms with E-state index in [9.17, 15) is 14.4 Å². The zero-order chi connectivity index (χ0) is 13.9. The Labute approximate surface area is 106 Å². The Balaban J connectivity index is 2.70. The molecule has 1 aliphatic heterocycles. The topological polar surface area (TPSA) is 90.0 Å². The maximum atomic E-state index is 12.2. The second-order valence-electron chi connectivity index (χ2n) is 4.81. The van der Waals surface area contributed by atoms with E-state index in [1.807, 2.05) is 0 Å². The van der Waals surface area contributed by atoms with Crippen molar-refractivity contribution < 1.29 is 19.5 Å². The summed E-state index contributed by atoms with van der Waals surface area (Å²) in [6, 6.07) is -0.323. The molecular formula is C11H19N3O4. The average Bonchev–Trinajstić information content (AvgIpc) is 2.28. The van der Waals surface area contributed by atoms with Crippen LogP contribution in [-0.2, 0) is 9.59 Å². The highest BCUT2D eigenvalue weighted by atomic mass is 16.4. The Morgan fingerprint density at radius 2 is 2.11 bits per heavy atom. The minimum absolute atomic E-state index is 0.108. The fraction of sp³-hybridized carbons (Fsp3) is 0.727. The van der Waals surface area contributed by atoms with Crippen molar-refractivity contribution in [3.05, 3.63) is 0 Å². The van der Waals surface area contributed by atoms with Gasteiger partial charge in [0.05, 0.1) is 6.42 Å². The summed E-state index contributed by atoms with van der Waals surface area (Å²) < 4.78 is 0. The van der Waals surface area contributed by atoms with Crippen LogP contribution in [0.15, 0.2) is 0 Å². The number of carbonyl (C=O) groups is 3. The van der Waals surface area contributed by atoms with Crippen molar-refractivity contribution in [1.29, 1.82) is 0 Å². The van der Waals surface area contributed by atoms with Crippen LogP contribution in [0, 0.1) is 0 Å². The van der Waals surface area contributed by atoms with Crippen LogP contribution in [0.1, 0.15) is 20.3 Å². The number of hydrogen-bond donors (Lipinski definition) is 2. The van der Waals surface area contributed by atoms with Crippen LogP contribution in [-0.4, -0.2) is 65.0 Å². The highest BCUT2D eigenvalue weighted by Crippen LogP contribution is 2.19. The van der Waals surface area contributed by atoms with Gasteiger partial charge in [0.15, 0.2) is 0 Å². The van der Waals surface area contributed by atoms with E-state index in [4.69, 9.17) is 5.11 Å². The second kappa shape index (κ2) is 5.24. The molecule has 2 N–H and O–H groups in total. The molecule has 102 valence electrons. The Morgan fingerprint density at radius 3 is 2.67 bits per heavy atom. The lowest BCUT2D eigenvalue weighted by Crippen LogP contribution is -2.65. The fourth-order valence-corrected chi connectivity index (χ4v) is 1.80. The molecule has 0 aromatic rings. The number of rotatable bonds is 3. The maximum absolute atomic E-state index is 12.2. The molecule has 0 saturated carbocycles. The van der Waals surface area contributed by atoms with E-state index in [0.29, 0.717) is 13.1 Å². The molecule has 3 amide bonds. The number of amides is 3. The molecule has 0 bridgehead atoms. The molecule has 0 aromatic heterocycles. The van der Waals surface area contributed by atoms with Crippen molar-refractivity contribution in [1.82, 2.24) is 15.1 Å². The molecule has 1 saturated heterocycles. The molecule has 0 aliphatic carbocycles. The van der Waals surface area contributed by atoms with Gasteiger partial charge in [-0.25, -0.2) is 4.79 Å². The van der Waals surface area contributed by atoms with Gasteiger partial charge in [-0.1, -0.05) is 0 Å². The molecule has 7 heteroatoms. The van der Waals surface area contributed by atoms with Gasteiger partial charge < -0.3 is 20.2 Å². The summed E-state index contributed by atoms with van der Waals surface area (Å²) in [5, 5.41) is 11.3. The van der Waals surface area contributed by atoms with Gasteiger partial charge in [0, 0.05) is 26.7 Å². The zero-order valence-electron chi connectivity index (χ0n) is 10.9. The van der Waals surface area contributed by atoms with Gasteiger partial charge >= 0.3 is 12.0 Å². The van der Waals surface area contributed by atoms with E-state index in [2.05, 4.69) is 5.32 Å². The van der Waals surface area contributed by atoms with Crippen LogP contribution < -0.4 is 5.32 Å². The van der Waals surface area contributed by atoms with E-state index >= 15 is 0 Å². The van der Waals surface area contributed by atoms with Crippen LogP contribution >= 0.6 is 0 Å². The van der Waals surface area contributed by atoms with Gasteiger partial charge in [-0.2, -0.15) is 0 Å². The Morgan fingerprint density at radius 1 is 1.50 bits per heavy atom. The van der Waals surface area contributed by atoms with Crippen LogP contribution in [0.2, 0.25) is 0 Å². The number of carbonyl (C=O) groups excluding carboxylic acids is 2. The van der Waals surface area contributed by atoms with Gasteiger partial charge in [0.25, 0.3) is 0 Å². The van der Waals surface area contributed by atoms with Crippen LogP contribution in [0.5, 0.6) is 0 Å². The zero-order valence-corrected chi connectivity index (χ0v) is 10.9. The van der Waals surface area contributed by atoms with Gasteiger partial charge in [-0.05, 0) is 13.8 Å². The lowest BCUT2D eigenvalue weighted by molar-refractivity contribution is -0.137. The number of nitrogens with zero attached hydrogens (tertiary/aromatic N) is 2. The average molecular weight is 257 g/mol. The standard InChI is InChI=1S/C11H19N3O4/c1-11(2)9(17)12-5-7-14(11)10(18)13(3)6-4-8(15)16/h4-7H2,1-3H3,(H,12,17)(H,15,16). The molecule has 0 aromatic carbocycles. The number of hydrogen-bond acceptors (Lipinski definition) is 3. The molecule has 0 atom stereocenters. The van der Waals surface area contributed by atoms with E-state index in [0.717, 1.165) is 0 Å². The molecule has 0 spiro atoms. The van der Waals surface area contributed by atoms with E-state index in [1.165, 1.54) is 16.8 Å². The molecule has 0 unspecified atom stereocenters. The summed E-state index contributed by atoms with van der Waals surface area (Å²) in [5.41, 5.74) is -0.910. The van der Waals surface area contributed by atoms with Crippen LogP contribution in [0.3, 0.4) is 0 Å². The number of piperazine rings is 1. The van der Waals surface area contributed by atoms with E-state index in [1.54, 1.807) is 13.8 Å². The third-order valence-corrected chi connectivity index (χ3v) is 3.07. The summed E-state index contributed by atoms with van der Waals surface area (Å²) in [6.45, 7) is 4.31. The van der Waals surface area contributed by atoms with Crippen LogP contribution in [0.4, 0.5) is 4.79 Å². The largest absolute Gasteiger partial charge is 0.481 e. The van der Waals surface area contributed by atoms with Crippen molar-refractivity contribution >= 4 is 17.9 Å². The van der Waals surface area contributed by atoms with Crippen molar-refractivity contribution in [2.75, 3.05) is 26.7 Å². The third-order valence-electron chi connectivity index (χ3n) is 3.07. The second-order valence-corrected chi connectivity index (χ2v) is 4.81. The fourth-order valence-electron chi connectivity index (χ4n) is 1.80. The van der Waals surface area contributed by atoms with Crippen molar-refractivity contribution in [2.45, 2.75) is 25.8 Å². The predicted molar refractivity (Wildman–Crippen MR) is 64.1 cm³/mol. The number of urea groups is 1. The first kappa shape index (κ1) is 14.3. The molecule has 1 heterocycles. The minimum atomic E-state index is -0.953. The quantitative estimate of drug-likeness (QED) is 0.728. The summed E-state index contributed by atoms with van der Waals surface area (Å²) in [5.74, 6) is -1.15. The number of aliphatic carboxylic acids is 1. The number of nitrogens with one attached hydrogen (secondary N) is 1. The first-order valence-electron chi connectivity index (χ1n) is 5.79. The molecule has 7 nitrogen and oxygen atoms in total. The molecule has 1 rings (SSSR count). The maximum Gasteiger partial charge on any atom is 0.320 e. The van der Waals surface area contributed by atoms with Crippen molar-refractivity contribution in [2.24, 2.45) is 0 Å². The van der Waals surface area contributed by atoms with Gasteiger partial charge in [-0.3, -0.25) is 9.59 Å². The SMILES string of the molecule is CN(CCC(=O)O)C(=O)N1CCNC(=O)C1(C)C. The van der Waals surface area contributed by atoms with Gasteiger partial charge in [0.2, 0.25) is 5.91 Å². The van der Waals surface area contributed by atoms with E-state index < -0.39 is 11.5 Å². The third kappa shape index (κ3) is 2.91. The molecule has 0 radical (unpaired) electrons. The molecular weight excluding hydrogens is 238 g/mol. The first-order chi connectivity index (χ1) is 8.26. The van der Waals surface area contributed by atoms with Crippen LogP contribution in [0.25, 0.3) is 0 Å². The highest BCUT2D eigenvalue weighted by molar-refractivity contribution is 5.91. The summed E-state index contributed by atoms with van der Waals surface area (Å²) in [6.07, 6.45) is -0.108. The van der Waals surface area contributed by atoms with E-state index in [-0.39, 0.29) is 24.9 Å². The molecule has 1 fully saturated rings. The highest BCUT2D eigenvalue weighted by Gasteiger charge is 2.41. The normalized spacial score (nSPS) is 18.2. The number of carboxylic acid groups (broad SMARTS) is 1. The summed E-state index contributed by atoms with van der Waals surface area (Å²) in [4.78, 5) is 37.1.